The van der Waals surface area contributed by atoms with E-state index in [0.717, 1.165) is 11.3 Å². The van der Waals surface area contributed by atoms with Crippen LogP contribution in [-0.4, -0.2) is 40.2 Å². The van der Waals surface area contributed by atoms with E-state index in [9.17, 15) is 9.59 Å². The molecule has 1 aliphatic heterocycles. The molecule has 0 aromatic heterocycles. The Balaban J connectivity index is 2.03. The summed E-state index contributed by atoms with van der Waals surface area (Å²) in [6, 6.07) is 7.09. The fourth-order valence-corrected chi connectivity index (χ4v) is 3.25. The summed E-state index contributed by atoms with van der Waals surface area (Å²) in [5.74, 6) is 0.874. The van der Waals surface area contributed by atoms with Crippen molar-refractivity contribution >= 4 is 29.4 Å². The molecular weight excluding hydrogens is 300 g/mol. The van der Waals surface area contributed by atoms with Crippen LogP contribution in [0.3, 0.4) is 0 Å². The Morgan fingerprint density at radius 1 is 1.36 bits per heavy atom. The zero-order valence-corrected chi connectivity index (χ0v) is 14.2. The number of benzene rings is 1. The number of hydrogen-bond acceptors (Lipinski definition) is 4. The first-order chi connectivity index (χ1) is 10.3. The van der Waals surface area contributed by atoms with Gasteiger partial charge in [-0.15, -0.1) is 11.8 Å². The van der Waals surface area contributed by atoms with Gasteiger partial charge in [-0.1, -0.05) is 12.1 Å². The van der Waals surface area contributed by atoms with Crippen molar-refractivity contribution in [2.75, 3.05) is 16.9 Å². The summed E-state index contributed by atoms with van der Waals surface area (Å²) in [4.78, 5) is 26.1. The van der Waals surface area contributed by atoms with E-state index in [2.05, 4.69) is 5.32 Å². The number of hydrogen-bond donors (Lipinski definition) is 1. The number of aryl methyl sites for hydroxylation is 1. The molecule has 1 fully saturated rings. The molecule has 0 spiro atoms. The number of anilines is 1. The Morgan fingerprint density at radius 3 is 2.73 bits per heavy atom. The van der Waals surface area contributed by atoms with Gasteiger partial charge in [-0.2, -0.15) is 0 Å². The lowest BCUT2D eigenvalue weighted by atomic mass is 10.2. The summed E-state index contributed by atoms with van der Waals surface area (Å²) in [6.07, 6.45) is -0.443. The normalized spacial score (nSPS) is 18.2. The van der Waals surface area contributed by atoms with E-state index in [0.29, 0.717) is 11.6 Å². The molecule has 22 heavy (non-hydrogen) atoms. The lowest BCUT2D eigenvalue weighted by Gasteiger charge is -2.27. The van der Waals surface area contributed by atoms with Gasteiger partial charge < -0.3 is 10.1 Å². The quantitative estimate of drug-likeness (QED) is 0.908. The van der Waals surface area contributed by atoms with Crippen LogP contribution < -0.4 is 5.32 Å². The summed E-state index contributed by atoms with van der Waals surface area (Å²) in [5, 5.41) is 2.87. The highest BCUT2D eigenvalue weighted by molar-refractivity contribution is 7.99. The highest BCUT2D eigenvalue weighted by Gasteiger charge is 2.37. The van der Waals surface area contributed by atoms with Gasteiger partial charge in [0, 0.05) is 11.4 Å². The topological polar surface area (TPSA) is 58.6 Å². The average Bonchev–Trinajstić information content (AvgIpc) is 2.85. The SMILES string of the molecule is Cc1cccc(NC(=O)[C@H]2CSCN2C(=O)OC(C)(C)C)c1. The van der Waals surface area contributed by atoms with Crippen LogP contribution in [0.1, 0.15) is 26.3 Å². The summed E-state index contributed by atoms with van der Waals surface area (Å²) in [7, 11) is 0. The van der Waals surface area contributed by atoms with Gasteiger partial charge in [-0.25, -0.2) is 4.79 Å². The van der Waals surface area contributed by atoms with Crippen LogP contribution >= 0.6 is 11.8 Å². The Kier molecular flexibility index (Phi) is 5.01. The number of ether oxygens (including phenoxy) is 1. The predicted octanol–water partition coefficient (Wildman–Crippen LogP) is 3.24. The molecule has 0 unspecified atom stereocenters. The van der Waals surface area contributed by atoms with E-state index >= 15 is 0 Å². The lowest BCUT2D eigenvalue weighted by molar-refractivity contribution is -0.120. The molecule has 2 amide bonds. The molecule has 1 heterocycles. The Morgan fingerprint density at radius 2 is 2.09 bits per heavy atom. The van der Waals surface area contributed by atoms with Gasteiger partial charge in [0.1, 0.15) is 11.6 Å². The first-order valence-corrected chi connectivity index (χ1v) is 8.36. The maximum absolute atomic E-state index is 12.4. The third-order valence-corrected chi connectivity index (χ3v) is 4.11. The van der Waals surface area contributed by atoms with E-state index in [4.69, 9.17) is 4.74 Å². The zero-order valence-electron chi connectivity index (χ0n) is 13.4. The van der Waals surface area contributed by atoms with Gasteiger partial charge >= 0.3 is 6.09 Å². The van der Waals surface area contributed by atoms with E-state index in [1.54, 1.807) is 11.8 Å². The van der Waals surface area contributed by atoms with Crippen molar-refractivity contribution in [3.05, 3.63) is 29.8 Å². The fourth-order valence-electron chi connectivity index (χ4n) is 2.11. The van der Waals surface area contributed by atoms with Crippen molar-refractivity contribution in [3.8, 4) is 0 Å². The smallest absolute Gasteiger partial charge is 0.411 e. The molecule has 1 saturated heterocycles. The first kappa shape index (κ1) is 16.7. The first-order valence-electron chi connectivity index (χ1n) is 7.21. The average molecular weight is 322 g/mol. The van der Waals surface area contributed by atoms with E-state index in [1.807, 2.05) is 52.0 Å². The molecule has 0 bridgehead atoms. The second kappa shape index (κ2) is 6.60. The molecule has 6 heteroatoms. The van der Waals surface area contributed by atoms with Gasteiger partial charge in [-0.05, 0) is 45.4 Å². The maximum Gasteiger partial charge on any atom is 0.411 e. The number of thioether (sulfide) groups is 1. The summed E-state index contributed by atoms with van der Waals surface area (Å²) in [6.45, 7) is 7.41. The Labute approximate surface area is 135 Å². The molecule has 1 N–H and O–H groups in total. The molecule has 0 saturated carbocycles. The van der Waals surface area contributed by atoms with Crippen molar-refractivity contribution in [2.24, 2.45) is 0 Å². The van der Waals surface area contributed by atoms with Gasteiger partial charge in [0.15, 0.2) is 0 Å². The second-order valence-electron chi connectivity index (χ2n) is 6.32. The van der Waals surface area contributed by atoms with E-state index in [1.165, 1.54) is 4.90 Å². The Bertz CT molecular complexity index is 569. The fraction of sp³-hybridized carbons (Fsp3) is 0.500. The van der Waals surface area contributed by atoms with Crippen LogP contribution in [0.15, 0.2) is 24.3 Å². The maximum atomic E-state index is 12.4. The highest BCUT2D eigenvalue weighted by atomic mass is 32.2. The van der Waals surface area contributed by atoms with Crippen LogP contribution in [-0.2, 0) is 9.53 Å². The number of carbonyl (C=O) groups is 2. The van der Waals surface area contributed by atoms with Crippen LogP contribution in [0, 0.1) is 6.92 Å². The van der Waals surface area contributed by atoms with E-state index < -0.39 is 17.7 Å². The number of nitrogens with zero attached hydrogens (tertiary/aromatic N) is 1. The van der Waals surface area contributed by atoms with Gasteiger partial charge in [0.25, 0.3) is 0 Å². The Hall–Kier alpha value is -1.69. The zero-order chi connectivity index (χ0) is 16.3. The summed E-state index contributed by atoms with van der Waals surface area (Å²) >= 11 is 1.55. The third kappa shape index (κ3) is 4.40. The van der Waals surface area contributed by atoms with Crippen LogP contribution in [0.5, 0.6) is 0 Å². The van der Waals surface area contributed by atoms with Crippen LogP contribution in [0.4, 0.5) is 10.5 Å². The number of nitrogens with one attached hydrogen (secondary N) is 1. The molecule has 1 aromatic carbocycles. The summed E-state index contributed by atoms with van der Waals surface area (Å²) < 4.78 is 5.37. The molecular formula is C16H22N2O3S. The molecule has 0 aliphatic carbocycles. The molecule has 1 atom stereocenters. The summed E-state index contributed by atoms with van der Waals surface area (Å²) in [5.41, 5.74) is 1.25. The largest absolute Gasteiger partial charge is 0.444 e. The van der Waals surface area contributed by atoms with Crippen LogP contribution in [0.2, 0.25) is 0 Å². The predicted molar refractivity (Wildman–Crippen MR) is 89.0 cm³/mol. The van der Waals surface area contributed by atoms with Crippen molar-refractivity contribution in [1.29, 1.82) is 0 Å². The van der Waals surface area contributed by atoms with Crippen LogP contribution in [0.25, 0.3) is 0 Å². The lowest BCUT2D eigenvalue weighted by Crippen LogP contribution is -2.46. The second-order valence-corrected chi connectivity index (χ2v) is 7.32. The monoisotopic (exact) mass is 322 g/mol. The molecule has 1 aromatic rings. The minimum atomic E-state index is -0.568. The van der Waals surface area contributed by atoms with Crippen molar-refractivity contribution in [3.63, 3.8) is 0 Å². The number of carbonyl (C=O) groups excluding carboxylic acids is 2. The van der Waals surface area contributed by atoms with Crippen molar-refractivity contribution in [2.45, 2.75) is 39.3 Å². The number of amides is 2. The van der Waals surface area contributed by atoms with Gasteiger partial charge in [0.05, 0.1) is 5.88 Å². The molecule has 120 valence electrons. The molecule has 2 rings (SSSR count). The molecule has 0 radical (unpaired) electrons. The minimum absolute atomic E-state index is 0.179. The standard InChI is InChI=1S/C16H22N2O3S/c1-11-6-5-7-12(8-11)17-14(19)13-9-22-10-18(13)15(20)21-16(2,3)4/h5-8,13H,9-10H2,1-4H3,(H,17,19)/t13-/m1/s1. The van der Waals surface area contributed by atoms with Gasteiger partial charge in [-0.3, -0.25) is 9.69 Å². The molecule has 5 nitrogen and oxygen atoms in total. The molecule has 1 aliphatic rings. The highest BCUT2D eigenvalue weighted by Crippen LogP contribution is 2.24. The van der Waals surface area contributed by atoms with E-state index in [-0.39, 0.29) is 5.91 Å². The minimum Gasteiger partial charge on any atom is -0.444 e. The van der Waals surface area contributed by atoms with Gasteiger partial charge in [0.2, 0.25) is 5.91 Å². The third-order valence-electron chi connectivity index (χ3n) is 3.10. The number of rotatable bonds is 2. The van der Waals surface area contributed by atoms with Crippen molar-refractivity contribution in [1.82, 2.24) is 4.90 Å². The van der Waals surface area contributed by atoms with Crippen molar-refractivity contribution < 1.29 is 14.3 Å².